The summed E-state index contributed by atoms with van der Waals surface area (Å²) in [5.74, 6) is -0.187. The van der Waals surface area contributed by atoms with Crippen LogP contribution in [0.2, 0.25) is 0 Å². The van der Waals surface area contributed by atoms with E-state index in [-0.39, 0.29) is 12.3 Å². The van der Waals surface area contributed by atoms with Gasteiger partial charge in [0.1, 0.15) is 0 Å². The summed E-state index contributed by atoms with van der Waals surface area (Å²) in [5.41, 5.74) is 5.55. The Bertz CT molecular complexity index is 185. The van der Waals surface area contributed by atoms with E-state index in [1.807, 2.05) is 0 Å². The van der Waals surface area contributed by atoms with Gasteiger partial charge in [-0.2, -0.15) is 0 Å². The molecule has 0 aliphatic rings. The van der Waals surface area contributed by atoms with Crippen LogP contribution in [0.15, 0.2) is 0 Å². The van der Waals surface area contributed by atoms with Crippen molar-refractivity contribution in [3.05, 3.63) is 0 Å². The van der Waals surface area contributed by atoms with Gasteiger partial charge < -0.3 is 15.6 Å². The van der Waals surface area contributed by atoms with E-state index in [0.717, 1.165) is 32.5 Å². The Morgan fingerprint density at radius 3 is 2.62 bits per heavy atom. The SMILES string of the molecule is CCCOCCC(C)CC(CN)CC(=O)O. The molecule has 0 saturated carbocycles. The molecule has 0 spiro atoms. The van der Waals surface area contributed by atoms with Crippen LogP contribution >= 0.6 is 0 Å². The molecule has 0 bridgehead atoms. The standard InChI is InChI=1S/C12H25NO3/c1-3-5-16-6-4-10(2)7-11(9-13)8-12(14)15/h10-11H,3-9,13H2,1-2H3,(H,14,15). The van der Waals surface area contributed by atoms with Crippen molar-refractivity contribution in [2.75, 3.05) is 19.8 Å². The van der Waals surface area contributed by atoms with Gasteiger partial charge in [0.25, 0.3) is 0 Å². The molecule has 0 heterocycles. The third kappa shape index (κ3) is 8.68. The first-order valence-electron chi connectivity index (χ1n) is 6.09. The summed E-state index contributed by atoms with van der Waals surface area (Å²) in [6, 6.07) is 0. The lowest BCUT2D eigenvalue weighted by Crippen LogP contribution is -2.21. The molecule has 4 heteroatoms. The summed E-state index contributed by atoms with van der Waals surface area (Å²) in [7, 11) is 0. The maximum Gasteiger partial charge on any atom is 0.303 e. The molecule has 0 rings (SSSR count). The van der Waals surface area contributed by atoms with Gasteiger partial charge in [-0.05, 0) is 37.6 Å². The van der Waals surface area contributed by atoms with E-state index in [1.54, 1.807) is 0 Å². The van der Waals surface area contributed by atoms with E-state index in [4.69, 9.17) is 15.6 Å². The zero-order valence-electron chi connectivity index (χ0n) is 10.4. The van der Waals surface area contributed by atoms with Crippen LogP contribution in [0, 0.1) is 11.8 Å². The molecule has 2 atom stereocenters. The van der Waals surface area contributed by atoms with Gasteiger partial charge in [-0.25, -0.2) is 0 Å². The lowest BCUT2D eigenvalue weighted by molar-refractivity contribution is -0.138. The van der Waals surface area contributed by atoms with Crippen molar-refractivity contribution in [2.24, 2.45) is 17.6 Å². The van der Waals surface area contributed by atoms with Gasteiger partial charge in [0.15, 0.2) is 0 Å². The number of carbonyl (C=O) groups is 1. The lowest BCUT2D eigenvalue weighted by atomic mass is 9.91. The maximum absolute atomic E-state index is 10.6. The maximum atomic E-state index is 10.6. The number of carboxylic acid groups (broad SMARTS) is 1. The van der Waals surface area contributed by atoms with E-state index in [2.05, 4.69) is 13.8 Å². The van der Waals surface area contributed by atoms with E-state index in [1.165, 1.54) is 0 Å². The molecule has 0 aliphatic heterocycles. The Labute approximate surface area is 98.2 Å². The summed E-state index contributed by atoms with van der Waals surface area (Å²) in [5, 5.41) is 8.69. The molecule has 0 radical (unpaired) electrons. The zero-order chi connectivity index (χ0) is 12.4. The van der Waals surface area contributed by atoms with Crippen LogP contribution in [0.1, 0.15) is 39.5 Å². The number of ether oxygens (including phenoxy) is 1. The Morgan fingerprint density at radius 1 is 1.44 bits per heavy atom. The minimum Gasteiger partial charge on any atom is -0.481 e. The molecule has 0 saturated heterocycles. The number of aliphatic carboxylic acids is 1. The van der Waals surface area contributed by atoms with Crippen LogP contribution in [0.25, 0.3) is 0 Å². The smallest absolute Gasteiger partial charge is 0.303 e. The normalized spacial score (nSPS) is 14.7. The molecule has 0 aromatic heterocycles. The first-order chi connectivity index (χ1) is 7.60. The van der Waals surface area contributed by atoms with Gasteiger partial charge in [-0.15, -0.1) is 0 Å². The molecule has 0 amide bonds. The van der Waals surface area contributed by atoms with Crippen molar-refractivity contribution in [1.82, 2.24) is 0 Å². The van der Waals surface area contributed by atoms with Gasteiger partial charge >= 0.3 is 5.97 Å². The summed E-state index contributed by atoms with van der Waals surface area (Å²) in [6.07, 6.45) is 3.07. The van der Waals surface area contributed by atoms with Crippen molar-refractivity contribution in [3.8, 4) is 0 Å². The fourth-order valence-corrected chi connectivity index (χ4v) is 1.73. The zero-order valence-corrected chi connectivity index (χ0v) is 10.4. The van der Waals surface area contributed by atoms with E-state index in [9.17, 15) is 4.79 Å². The molecule has 4 nitrogen and oxygen atoms in total. The van der Waals surface area contributed by atoms with Crippen LogP contribution < -0.4 is 5.73 Å². The van der Waals surface area contributed by atoms with Gasteiger partial charge in [-0.3, -0.25) is 4.79 Å². The van der Waals surface area contributed by atoms with E-state index < -0.39 is 5.97 Å². The summed E-state index contributed by atoms with van der Waals surface area (Å²) >= 11 is 0. The average Bonchev–Trinajstić information content (AvgIpc) is 2.23. The minimum absolute atomic E-state index is 0.0960. The molecule has 0 aromatic carbocycles. The van der Waals surface area contributed by atoms with Crippen molar-refractivity contribution in [2.45, 2.75) is 39.5 Å². The van der Waals surface area contributed by atoms with Crippen molar-refractivity contribution in [1.29, 1.82) is 0 Å². The molecular formula is C12H25NO3. The first kappa shape index (κ1) is 15.4. The van der Waals surface area contributed by atoms with Crippen molar-refractivity contribution >= 4 is 5.97 Å². The van der Waals surface area contributed by atoms with Crippen LogP contribution in [0.4, 0.5) is 0 Å². The van der Waals surface area contributed by atoms with E-state index in [0.29, 0.717) is 12.5 Å². The molecule has 3 N–H and O–H groups in total. The number of hydrogen-bond acceptors (Lipinski definition) is 3. The predicted molar refractivity (Wildman–Crippen MR) is 64.3 cm³/mol. The third-order valence-corrected chi connectivity index (χ3v) is 2.64. The number of carboxylic acids is 1. The second kappa shape index (κ2) is 9.60. The highest BCUT2D eigenvalue weighted by Crippen LogP contribution is 2.17. The largest absolute Gasteiger partial charge is 0.481 e. The molecule has 96 valence electrons. The van der Waals surface area contributed by atoms with Crippen molar-refractivity contribution < 1.29 is 14.6 Å². The van der Waals surface area contributed by atoms with Gasteiger partial charge in [0.2, 0.25) is 0 Å². The molecule has 0 aromatic rings. The molecule has 2 unspecified atom stereocenters. The summed E-state index contributed by atoms with van der Waals surface area (Å²) in [4.78, 5) is 10.6. The Balaban J connectivity index is 3.65. The molecule has 0 aliphatic carbocycles. The first-order valence-corrected chi connectivity index (χ1v) is 6.09. The third-order valence-electron chi connectivity index (χ3n) is 2.64. The van der Waals surface area contributed by atoms with Crippen LogP contribution in [0.3, 0.4) is 0 Å². The quantitative estimate of drug-likeness (QED) is 0.563. The van der Waals surface area contributed by atoms with Crippen LogP contribution in [-0.4, -0.2) is 30.8 Å². The Kier molecular flexibility index (Phi) is 9.24. The van der Waals surface area contributed by atoms with Crippen LogP contribution in [0.5, 0.6) is 0 Å². The molecular weight excluding hydrogens is 206 g/mol. The highest BCUT2D eigenvalue weighted by Gasteiger charge is 2.15. The van der Waals surface area contributed by atoms with E-state index >= 15 is 0 Å². The topological polar surface area (TPSA) is 72.5 Å². The van der Waals surface area contributed by atoms with Gasteiger partial charge in [0.05, 0.1) is 0 Å². The molecule has 16 heavy (non-hydrogen) atoms. The fourth-order valence-electron chi connectivity index (χ4n) is 1.73. The number of hydrogen-bond donors (Lipinski definition) is 2. The van der Waals surface area contributed by atoms with Gasteiger partial charge in [-0.1, -0.05) is 13.8 Å². The van der Waals surface area contributed by atoms with Crippen molar-refractivity contribution in [3.63, 3.8) is 0 Å². The van der Waals surface area contributed by atoms with Crippen LogP contribution in [-0.2, 0) is 9.53 Å². The number of nitrogens with two attached hydrogens (primary N) is 1. The Morgan fingerprint density at radius 2 is 2.12 bits per heavy atom. The minimum atomic E-state index is -0.759. The van der Waals surface area contributed by atoms with Gasteiger partial charge in [0, 0.05) is 19.6 Å². The monoisotopic (exact) mass is 231 g/mol. The predicted octanol–water partition coefficient (Wildman–Crippen LogP) is 1.88. The second-order valence-electron chi connectivity index (χ2n) is 4.44. The fraction of sp³-hybridized carbons (Fsp3) is 0.917. The average molecular weight is 231 g/mol. The Hall–Kier alpha value is -0.610. The highest BCUT2D eigenvalue weighted by molar-refractivity contribution is 5.67. The molecule has 0 fully saturated rings. The summed E-state index contributed by atoms with van der Waals surface area (Å²) in [6.45, 7) is 6.23. The number of rotatable bonds is 10. The lowest BCUT2D eigenvalue weighted by Gasteiger charge is -2.17. The highest BCUT2D eigenvalue weighted by atomic mass is 16.5. The second-order valence-corrected chi connectivity index (χ2v) is 4.44. The summed E-state index contributed by atoms with van der Waals surface area (Å²) < 4.78 is 5.40.